The highest BCUT2D eigenvalue weighted by molar-refractivity contribution is 9.10. The van der Waals surface area contributed by atoms with E-state index in [4.69, 9.17) is 4.74 Å². The number of anilines is 1. The third kappa shape index (κ3) is 4.82. The van der Waals surface area contributed by atoms with Crippen molar-refractivity contribution in [3.8, 4) is 0 Å². The van der Waals surface area contributed by atoms with Crippen molar-refractivity contribution in [1.82, 2.24) is 20.6 Å². The van der Waals surface area contributed by atoms with Crippen molar-refractivity contribution in [3.05, 3.63) is 16.5 Å². The Kier molecular flexibility index (Phi) is 4.94. The van der Waals surface area contributed by atoms with Gasteiger partial charge < -0.3 is 20.3 Å². The van der Waals surface area contributed by atoms with Crippen molar-refractivity contribution in [2.24, 2.45) is 0 Å². The monoisotopic (exact) mass is 411 g/mol. The Labute approximate surface area is 157 Å². The minimum absolute atomic E-state index is 0.264. The van der Waals surface area contributed by atoms with Crippen LogP contribution in [0.15, 0.2) is 10.8 Å². The number of amides is 1. The van der Waals surface area contributed by atoms with E-state index in [1.807, 2.05) is 20.8 Å². The van der Waals surface area contributed by atoms with Crippen LogP contribution in [-0.4, -0.2) is 46.8 Å². The summed E-state index contributed by atoms with van der Waals surface area (Å²) in [5.74, 6) is 0.942. The average Bonchev–Trinajstić information content (AvgIpc) is 3.30. The van der Waals surface area contributed by atoms with Crippen molar-refractivity contribution in [2.45, 2.75) is 57.7 Å². The quantitative estimate of drug-likeness (QED) is 0.743. The standard InChI is InChI=1S/C17H26BrN5O2/c1-16(2,3)25-15(24)22-17(4)5-7-23(8-6-17)14-13(11-9-19-11)21-12(18)10-20-14/h10-11,19H,5-9H2,1-4H3,(H,22,24). The van der Waals surface area contributed by atoms with Crippen molar-refractivity contribution in [1.29, 1.82) is 0 Å². The maximum absolute atomic E-state index is 12.1. The second-order valence-corrected chi connectivity index (χ2v) is 8.85. The highest BCUT2D eigenvalue weighted by Gasteiger charge is 2.36. The maximum Gasteiger partial charge on any atom is 0.408 e. The van der Waals surface area contributed by atoms with Gasteiger partial charge in [-0.05, 0) is 56.5 Å². The first-order valence-corrected chi connectivity index (χ1v) is 9.46. The number of rotatable bonds is 3. The minimum atomic E-state index is -0.486. The zero-order valence-electron chi connectivity index (χ0n) is 15.2. The molecule has 2 fully saturated rings. The lowest BCUT2D eigenvalue weighted by Gasteiger charge is -2.40. The van der Waals surface area contributed by atoms with Crippen LogP contribution in [0.2, 0.25) is 0 Å². The third-order valence-electron chi connectivity index (χ3n) is 4.46. The second-order valence-electron chi connectivity index (χ2n) is 8.04. The predicted molar refractivity (Wildman–Crippen MR) is 99.7 cm³/mol. The summed E-state index contributed by atoms with van der Waals surface area (Å²) in [5, 5.41) is 6.34. The number of nitrogens with zero attached hydrogens (tertiary/aromatic N) is 3. The van der Waals surface area contributed by atoms with Gasteiger partial charge in [-0.25, -0.2) is 14.8 Å². The molecule has 2 N–H and O–H groups in total. The number of alkyl carbamates (subject to hydrolysis) is 1. The first kappa shape index (κ1) is 18.4. The highest BCUT2D eigenvalue weighted by atomic mass is 79.9. The number of piperidine rings is 1. The molecular formula is C17H26BrN5O2. The summed E-state index contributed by atoms with van der Waals surface area (Å²) >= 11 is 3.40. The van der Waals surface area contributed by atoms with Gasteiger partial charge in [-0.15, -0.1) is 0 Å². The van der Waals surface area contributed by atoms with Crippen LogP contribution in [0.3, 0.4) is 0 Å². The Hall–Kier alpha value is -1.41. The van der Waals surface area contributed by atoms with Crippen LogP contribution in [0.1, 0.15) is 52.3 Å². The third-order valence-corrected chi connectivity index (χ3v) is 4.84. The second kappa shape index (κ2) is 6.72. The van der Waals surface area contributed by atoms with E-state index in [0.717, 1.165) is 48.6 Å². The Morgan fingerprint density at radius 1 is 1.44 bits per heavy atom. The molecule has 1 unspecified atom stereocenters. The fourth-order valence-electron chi connectivity index (χ4n) is 2.99. The number of ether oxygens (including phenoxy) is 1. The number of hydrogen-bond acceptors (Lipinski definition) is 6. The molecule has 1 atom stereocenters. The lowest BCUT2D eigenvalue weighted by molar-refractivity contribution is 0.0448. The van der Waals surface area contributed by atoms with Crippen molar-refractivity contribution >= 4 is 27.8 Å². The molecule has 3 rings (SSSR count). The summed E-state index contributed by atoms with van der Waals surface area (Å²) in [6.45, 7) is 10.3. The van der Waals surface area contributed by atoms with Gasteiger partial charge in [0.15, 0.2) is 5.82 Å². The summed E-state index contributed by atoms with van der Waals surface area (Å²) in [7, 11) is 0. The van der Waals surface area contributed by atoms with Crippen molar-refractivity contribution in [2.75, 3.05) is 24.5 Å². The SMILES string of the molecule is CC1(NC(=O)OC(C)(C)C)CCN(c2ncc(Br)nc2C2CN2)CC1. The Morgan fingerprint density at radius 2 is 2.08 bits per heavy atom. The van der Waals surface area contributed by atoms with Crippen molar-refractivity contribution < 1.29 is 9.53 Å². The largest absolute Gasteiger partial charge is 0.444 e. The topological polar surface area (TPSA) is 89.3 Å². The number of aromatic nitrogens is 2. The van der Waals surface area contributed by atoms with E-state index in [1.54, 1.807) is 6.20 Å². The zero-order valence-corrected chi connectivity index (χ0v) is 16.8. The van der Waals surface area contributed by atoms with Gasteiger partial charge in [0, 0.05) is 25.2 Å². The van der Waals surface area contributed by atoms with Gasteiger partial charge in [-0.3, -0.25) is 0 Å². The summed E-state index contributed by atoms with van der Waals surface area (Å²) in [6, 6.07) is 0.299. The Bertz CT molecular complexity index is 649. The molecule has 7 nitrogen and oxygen atoms in total. The van der Waals surface area contributed by atoms with Gasteiger partial charge in [0.2, 0.25) is 0 Å². The number of carbonyl (C=O) groups excluding carboxylic acids is 1. The summed E-state index contributed by atoms with van der Waals surface area (Å²) < 4.78 is 6.15. The van der Waals surface area contributed by atoms with E-state index in [2.05, 4.69) is 48.4 Å². The number of nitrogens with one attached hydrogen (secondary N) is 2. The van der Waals surface area contributed by atoms with Crippen LogP contribution >= 0.6 is 15.9 Å². The molecule has 25 heavy (non-hydrogen) atoms. The molecule has 0 aliphatic carbocycles. The lowest BCUT2D eigenvalue weighted by Crippen LogP contribution is -2.54. The summed E-state index contributed by atoms with van der Waals surface area (Å²) in [4.78, 5) is 23.5. The first-order valence-electron chi connectivity index (χ1n) is 8.67. The zero-order chi connectivity index (χ0) is 18.2. The summed E-state index contributed by atoms with van der Waals surface area (Å²) in [5.41, 5.74) is 0.248. The van der Waals surface area contributed by atoms with Crippen LogP contribution in [0.5, 0.6) is 0 Å². The fraction of sp³-hybridized carbons (Fsp3) is 0.706. The highest BCUT2D eigenvalue weighted by Crippen LogP contribution is 2.32. The van der Waals surface area contributed by atoms with Gasteiger partial charge in [0.25, 0.3) is 0 Å². The van der Waals surface area contributed by atoms with Crippen LogP contribution in [0.4, 0.5) is 10.6 Å². The van der Waals surface area contributed by atoms with Crippen LogP contribution in [0, 0.1) is 0 Å². The molecule has 8 heteroatoms. The molecular weight excluding hydrogens is 386 g/mol. The molecule has 1 aromatic rings. The van der Waals surface area contributed by atoms with Gasteiger partial charge >= 0.3 is 6.09 Å². The van der Waals surface area contributed by atoms with Gasteiger partial charge in [0.05, 0.1) is 12.2 Å². The van der Waals surface area contributed by atoms with Gasteiger partial charge in [-0.2, -0.15) is 0 Å². The normalized spacial score (nSPS) is 22.4. The molecule has 0 bridgehead atoms. The molecule has 0 aromatic carbocycles. The first-order chi connectivity index (χ1) is 11.7. The molecule has 138 valence electrons. The molecule has 0 radical (unpaired) electrons. The van der Waals surface area contributed by atoms with E-state index in [-0.39, 0.29) is 11.6 Å². The van der Waals surface area contributed by atoms with Crippen LogP contribution in [-0.2, 0) is 4.74 Å². The smallest absolute Gasteiger partial charge is 0.408 e. The molecule has 2 aliphatic rings. The Balaban J connectivity index is 1.63. The molecule has 0 spiro atoms. The van der Waals surface area contributed by atoms with Gasteiger partial charge in [-0.1, -0.05) is 0 Å². The molecule has 2 saturated heterocycles. The number of hydrogen-bond donors (Lipinski definition) is 2. The molecule has 3 heterocycles. The van der Waals surface area contributed by atoms with Crippen LogP contribution < -0.4 is 15.5 Å². The van der Waals surface area contributed by atoms with E-state index in [1.165, 1.54) is 0 Å². The number of carbonyl (C=O) groups is 1. The van der Waals surface area contributed by atoms with Crippen LogP contribution in [0.25, 0.3) is 0 Å². The fourth-order valence-corrected chi connectivity index (χ4v) is 3.28. The Morgan fingerprint density at radius 3 is 2.64 bits per heavy atom. The average molecular weight is 412 g/mol. The van der Waals surface area contributed by atoms with E-state index in [0.29, 0.717) is 6.04 Å². The van der Waals surface area contributed by atoms with Crippen molar-refractivity contribution in [3.63, 3.8) is 0 Å². The van der Waals surface area contributed by atoms with E-state index >= 15 is 0 Å². The lowest BCUT2D eigenvalue weighted by atomic mass is 9.89. The van der Waals surface area contributed by atoms with E-state index in [9.17, 15) is 4.79 Å². The minimum Gasteiger partial charge on any atom is -0.444 e. The molecule has 1 aromatic heterocycles. The molecule has 2 aliphatic heterocycles. The van der Waals surface area contributed by atoms with Gasteiger partial charge in [0.1, 0.15) is 15.9 Å². The van der Waals surface area contributed by atoms with E-state index < -0.39 is 5.60 Å². The molecule has 1 amide bonds. The summed E-state index contributed by atoms with van der Waals surface area (Å²) in [6.07, 6.45) is 3.06. The predicted octanol–water partition coefficient (Wildman–Crippen LogP) is 2.77. The maximum atomic E-state index is 12.1. The molecule has 0 saturated carbocycles. The number of halogens is 1.